The van der Waals surface area contributed by atoms with Crippen LogP contribution in [0.1, 0.15) is 0 Å². The van der Waals surface area contributed by atoms with Gasteiger partial charge in [0.1, 0.15) is 0 Å². The lowest BCUT2D eigenvalue weighted by atomic mass is 10.2. The highest BCUT2D eigenvalue weighted by atomic mass is 16.5. The molecule has 0 saturated heterocycles. The number of anilines is 1. The predicted molar refractivity (Wildman–Crippen MR) is 90.7 cm³/mol. The number of nitrogens with zero attached hydrogens (tertiary/aromatic N) is 2. The monoisotopic (exact) mass is 323 g/mol. The number of benzene rings is 2. The summed E-state index contributed by atoms with van der Waals surface area (Å²) in [4.78, 5) is 16.0. The first-order valence-corrected chi connectivity index (χ1v) is 7.40. The average Bonchev–Trinajstić information content (AvgIpc) is 3.15. The summed E-state index contributed by atoms with van der Waals surface area (Å²) in [7, 11) is 1.56. The molecule has 6 heteroatoms. The van der Waals surface area contributed by atoms with E-state index in [1.165, 1.54) is 0 Å². The lowest BCUT2D eigenvalue weighted by Crippen LogP contribution is -2.20. The first-order valence-electron chi connectivity index (χ1n) is 7.40. The summed E-state index contributed by atoms with van der Waals surface area (Å²) in [5, 5.41) is 2.79. The number of carbonyl (C=O) groups is 1. The Morgan fingerprint density at radius 1 is 1.12 bits per heavy atom. The number of carbonyl (C=O) groups excluding carboxylic acids is 1. The smallest absolute Gasteiger partial charge is 0.262 e. The fourth-order valence-electron chi connectivity index (χ4n) is 2.21. The standard InChI is InChI=1S/C18H17N3O3/c1-23-16-4-2-3-5-17(16)24-12-18(22)20-14-6-8-15(9-7-14)21-11-10-19-13-21/h2-11,13H,12H2,1H3,(H,20,22). The number of methoxy groups -OCH3 is 1. The Morgan fingerprint density at radius 3 is 2.54 bits per heavy atom. The first kappa shape index (κ1) is 15.6. The molecular formula is C18H17N3O3. The van der Waals surface area contributed by atoms with Gasteiger partial charge in [0.25, 0.3) is 5.91 Å². The molecule has 6 nitrogen and oxygen atoms in total. The molecule has 0 aliphatic carbocycles. The van der Waals surface area contributed by atoms with Crippen molar-refractivity contribution in [3.63, 3.8) is 0 Å². The van der Waals surface area contributed by atoms with E-state index in [4.69, 9.17) is 9.47 Å². The predicted octanol–water partition coefficient (Wildman–Crippen LogP) is 2.90. The van der Waals surface area contributed by atoms with Crippen molar-refractivity contribution >= 4 is 11.6 Å². The van der Waals surface area contributed by atoms with Gasteiger partial charge in [0.2, 0.25) is 0 Å². The third-order valence-electron chi connectivity index (χ3n) is 3.38. The second kappa shape index (κ2) is 7.32. The van der Waals surface area contributed by atoms with E-state index in [1.807, 2.05) is 47.2 Å². The van der Waals surface area contributed by atoms with E-state index in [1.54, 1.807) is 31.8 Å². The zero-order valence-corrected chi connectivity index (χ0v) is 13.2. The number of amides is 1. The molecule has 0 radical (unpaired) electrons. The minimum Gasteiger partial charge on any atom is -0.493 e. The van der Waals surface area contributed by atoms with E-state index in [0.29, 0.717) is 17.2 Å². The second-order valence-corrected chi connectivity index (χ2v) is 5.00. The van der Waals surface area contributed by atoms with E-state index in [2.05, 4.69) is 10.3 Å². The maximum atomic E-state index is 12.0. The molecule has 0 unspecified atom stereocenters. The largest absolute Gasteiger partial charge is 0.493 e. The Hall–Kier alpha value is -3.28. The number of para-hydroxylation sites is 2. The van der Waals surface area contributed by atoms with Crippen molar-refractivity contribution in [3.8, 4) is 17.2 Å². The van der Waals surface area contributed by atoms with Gasteiger partial charge >= 0.3 is 0 Å². The second-order valence-electron chi connectivity index (χ2n) is 5.00. The third-order valence-corrected chi connectivity index (χ3v) is 3.38. The van der Waals surface area contributed by atoms with Crippen LogP contribution in [-0.2, 0) is 4.79 Å². The van der Waals surface area contributed by atoms with Gasteiger partial charge in [-0.25, -0.2) is 4.98 Å². The molecule has 3 aromatic rings. The molecule has 1 heterocycles. The number of ether oxygens (including phenoxy) is 2. The van der Waals surface area contributed by atoms with Gasteiger partial charge in [-0.15, -0.1) is 0 Å². The number of imidazole rings is 1. The zero-order chi connectivity index (χ0) is 16.8. The number of aromatic nitrogens is 2. The molecule has 0 atom stereocenters. The van der Waals surface area contributed by atoms with Crippen LogP contribution >= 0.6 is 0 Å². The van der Waals surface area contributed by atoms with E-state index in [0.717, 1.165) is 5.69 Å². The molecule has 0 saturated carbocycles. The maximum Gasteiger partial charge on any atom is 0.262 e. The number of hydrogen-bond donors (Lipinski definition) is 1. The van der Waals surface area contributed by atoms with Crippen molar-refractivity contribution in [2.75, 3.05) is 19.0 Å². The van der Waals surface area contributed by atoms with Crippen molar-refractivity contribution in [1.82, 2.24) is 9.55 Å². The Bertz CT molecular complexity index is 799. The average molecular weight is 323 g/mol. The van der Waals surface area contributed by atoms with Gasteiger partial charge in [-0.3, -0.25) is 4.79 Å². The van der Waals surface area contributed by atoms with E-state index >= 15 is 0 Å². The summed E-state index contributed by atoms with van der Waals surface area (Å²) < 4.78 is 12.6. The van der Waals surface area contributed by atoms with Crippen LogP contribution in [0.5, 0.6) is 11.5 Å². The Morgan fingerprint density at radius 2 is 1.88 bits per heavy atom. The van der Waals surface area contributed by atoms with Crippen LogP contribution in [0.15, 0.2) is 67.3 Å². The Balaban J connectivity index is 1.57. The normalized spacial score (nSPS) is 10.2. The van der Waals surface area contributed by atoms with Crippen molar-refractivity contribution in [1.29, 1.82) is 0 Å². The van der Waals surface area contributed by atoms with E-state index < -0.39 is 0 Å². The fourth-order valence-corrected chi connectivity index (χ4v) is 2.21. The molecule has 24 heavy (non-hydrogen) atoms. The van der Waals surface area contributed by atoms with Crippen molar-refractivity contribution in [2.45, 2.75) is 0 Å². The van der Waals surface area contributed by atoms with Crippen molar-refractivity contribution in [2.24, 2.45) is 0 Å². The quantitative estimate of drug-likeness (QED) is 0.757. The van der Waals surface area contributed by atoms with E-state index in [9.17, 15) is 4.79 Å². The van der Waals surface area contributed by atoms with Crippen LogP contribution in [0, 0.1) is 0 Å². The Labute approximate surface area is 139 Å². The summed E-state index contributed by atoms with van der Waals surface area (Å²) in [6.07, 6.45) is 5.29. The lowest BCUT2D eigenvalue weighted by molar-refractivity contribution is -0.118. The summed E-state index contributed by atoms with van der Waals surface area (Å²) in [6.45, 7) is -0.0936. The number of hydrogen-bond acceptors (Lipinski definition) is 4. The molecule has 1 aromatic heterocycles. The SMILES string of the molecule is COc1ccccc1OCC(=O)Nc1ccc(-n2ccnc2)cc1. The van der Waals surface area contributed by atoms with Crippen LogP contribution in [0.2, 0.25) is 0 Å². The highest BCUT2D eigenvalue weighted by molar-refractivity contribution is 5.92. The molecule has 2 aromatic carbocycles. The van der Waals surface area contributed by atoms with Crippen LogP contribution in [0.4, 0.5) is 5.69 Å². The summed E-state index contributed by atoms with van der Waals surface area (Å²) in [5.41, 5.74) is 1.67. The molecule has 3 rings (SSSR count). The summed E-state index contributed by atoms with van der Waals surface area (Å²) >= 11 is 0. The van der Waals surface area contributed by atoms with Crippen LogP contribution in [0.3, 0.4) is 0 Å². The highest BCUT2D eigenvalue weighted by Crippen LogP contribution is 2.25. The summed E-state index contributed by atoms with van der Waals surface area (Å²) in [5.74, 6) is 0.886. The van der Waals surface area contributed by atoms with Gasteiger partial charge in [-0.2, -0.15) is 0 Å². The van der Waals surface area contributed by atoms with Gasteiger partial charge in [0.05, 0.1) is 13.4 Å². The molecule has 0 bridgehead atoms. The van der Waals surface area contributed by atoms with Crippen LogP contribution in [-0.4, -0.2) is 29.2 Å². The minimum atomic E-state index is -0.240. The van der Waals surface area contributed by atoms with Crippen molar-refractivity contribution < 1.29 is 14.3 Å². The molecule has 0 spiro atoms. The van der Waals surface area contributed by atoms with Gasteiger partial charge < -0.3 is 19.4 Å². The van der Waals surface area contributed by atoms with Gasteiger partial charge in [-0.1, -0.05) is 12.1 Å². The highest BCUT2D eigenvalue weighted by Gasteiger charge is 2.07. The number of nitrogens with one attached hydrogen (secondary N) is 1. The molecule has 0 fully saturated rings. The van der Waals surface area contributed by atoms with E-state index in [-0.39, 0.29) is 12.5 Å². The Kier molecular flexibility index (Phi) is 4.76. The summed E-state index contributed by atoms with van der Waals surface area (Å²) in [6, 6.07) is 14.7. The van der Waals surface area contributed by atoms with Gasteiger partial charge in [-0.05, 0) is 36.4 Å². The zero-order valence-electron chi connectivity index (χ0n) is 13.2. The number of rotatable bonds is 6. The third kappa shape index (κ3) is 3.73. The molecule has 1 amide bonds. The maximum absolute atomic E-state index is 12.0. The van der Waals surface area contributed by atoms with Gasteiger partial charge in [0.15, 0.2) is 18.1 Å². The van der Waals surface area contributed by atoms with Gasteiger partial charge in [0, 0.05) is 23.8 Å². The van der Waals surface area contributed by atoms with Crippen molar-refractivity contribution in [3.05, 3.63) is 67.3 Å². The first-order chi connectivity index (χ1) is 11.8. The molecular weight excluding hydrogens is 306 g/mol. The topological polar surface area (TPSA) is 65.4 Å². The lowest BCUT2D eigenvalue weighted by Gasteiger charge is -2.11. The molecule has 0 aliphatic rings. The van der Waals surface area contributed by atoms with Crippen LogP contribution in [0.25, 0.3) is 5.69 Å². The minimum absolute atomic E-state index is 0.0936. The molecule has 122 valence electrons. The molecule has 1 N–H and O–H groups in total. The van der Waals surface area contributed by atoms with Crippen LogP contribution < -0.4 is 14.8 Å². The fraction of sp³-hybridized carbons (Fsp3) is 0.111. The molecule has 0 aliphatic heterocycles.